The predicted molar refractivity (Wildman–Crippen MR) is 116 cm³/mol. The molecule has 0 fully saturated rings. The van der Waals surface area contributed by atoms with Crippen LogP contribution in [0.1, 0.15) is 20.3 Å². The van der Waals surface area contributed by atoms with E-state index >= 15 is 0 Å². The Hall–Kier alpha value is -3.26. The molecular formula is C22H26N6O2. The van der Waals surface area contributed by atoms with Crippen LogP contribution >= 0.6 is 0 Å². The normalized spacial score (nSPS) is 16.1. The van der Waals surface area contributed by atoms with E-state index in [1.165, 1.54) is 0 Å². The first-order valence-electron chi connectivity index (χ1n) is 10.2. The maximum Gasteiger partial charge on any atom is 0.249 e. The zero-order valence-electron chi connectivity index (χ0n) is 17.5. The minimum Gasteiger partial charge on any atom is -0.380 e. The minimum atomic E-state index is -0.276. The van der Waals surface area contributed by atoms with Gasteiger partial charge in [-0.1, -0.05) is 37.3 Å². The molecule has 1 atom stereocenters. The Balaban J connectivity index is 1.78. The van der Waals surface area contributed by atoms with E-state index in [1.807, 2.05) is 59.8 Å². The summed E-state index contributed by atoms with van der Waals surface area (Å²) in [4.78, 5) is 30.5. The third-order valence-corrected chi connectivity index (χ3v) is 5.32. The second-order valence-corrected chi connectivity index (χ2v) is 7.08. The molecule has 0 radical (unpaired) electrons. The van der Waals surface area contributed by atoms with Crippen molar-refractivity contribution in [3.05, 3.63) is 48.9 Å². The first-order valence-corrected chi connectivity index (χ1v) is 10.2. The summed E-state index contributed by atoms with van der Waals surface area (Å²) < 4.78 is 7.43. The smallest absolute Gasteiger partial charge is 0.249 e. The van der Waals surface area contributed by atoms with Gasteiger partial charge in [0.2, 0.25) is 11.9 Å². The lowest BCUT2D eigenvalue weighted by Gasteiger charge is -2.40. The Morgan fingerprint density at radius 1 is 1.13 bits per heavy atom. The molecule has 2 aromatic heterocycles. The Morgan fingerprint density at radius 3 is 2.67 bits per heavy atom. The fourth-order valence-electron chi connectivity index (χ4n) is 3.77. The van der Waals surface area contributed by atoms with Gasteiger partial charge in [0, 0.05) is 38.2 Å². The number of amides is 1. The zero-order chi connectivity index (χ0) is 21.1. The van der Waals surface area contributed by atoms with Gasteiger partial charge in [-0.2, -0.15) is 4.98 Å². The van der Waals surface area contributed by atoms with Crippen molar-refractivity contribution >= 4 is 17.4 Å². The molecule has 1 amide bonds. The molecule has 0 N–H and O–H groups in total. The molecule has 1 aromatic carbocycles. The summed E-state index contributed by atoms with van der Waals surface area (Å²) >= 11 is 0. The van der Waals surface area contributed by atoms with Gasteiger partial charge in [0.25, 0.3) is 0 Å². The quantitative estimate of drug-likeness (QED) is 0.562. The molecule has 4 rings (SSSR count). The highest BCUT2D eigenvalue weighted by Gasteiger charge is 2.37. The van der Waals surface area contributed by atoms with Crippen molar-refractivity contribution in [2.75, 3.05) is 36.6 Å². The number of nitrogens with zero attached hydrogens (tertiary/aromatic N) is 6. The molecule has 0 saturated carbocycles. The van der Waals surface area contributed by atoms with E-state index < -0.39 is 0 Å². The molecule has 3 aromatic rings. The standard InChI is InChI=1S/C22H26N6O2/c1-4-17-21(29)26(3)18-15-24-22(25-20(18)27(17)13-14-30-5-2)28-12-11-23-19(28)16-9-7-6-8-10-16/h6-12,15,17H,4-5,13-14H2,1-3H3/t17-/m1/s1. The number of ether oxygens (including phenoxy) is 1. The molecule has 3 heterocycles. The average Bonchev–Trinajstić information content (AvgIpc) is 3.27. The maximum atomic E-state index is 12.9. The molecule has 0 spiro atoms. The third-order valence-electron chi connectivity index (χ3n) is 5.32. The predicted octanol–water partition coefficient (Wildman–Crippen LogP) is 2.93. The van der Waals surface area contributed by atoms with Gasteiger partial charge in [-0.3, -0.25) is 9.36 Å². The molecule has 0 saturated heterocycles. The zero-order valence-corrected chi connectivity index (χ0v) is 17.5. The lowest BCUT2D eigenvalue weighted by atomic mass is 10.1. The third kappa shape index (κ3) is 3.54. The summed E-state index contributed by atoms with van der Waals surface area (Å²) in [5.41, 5.74) is 1.68. The Bertz CT molecular complexity index is 1020. The number of aromatic nitrogens is 4. The highest BCUT2D eigenvalue weighted by atomic mass is 16.5. The van der Waals surface area contributed by atoms with Crippen LogP contribution in [0.25, 0.3) is 17.3 Å². The lowest BCUT2D eigenvalue weighted by molar-refractivity contribution is -0.120. The van der Waals surface area contributed by atoms with Gasteiger partial charge in [-0.25, -0.2) is 9.97 Å². The number of carbonyl (C=O) groups is 1. The highest BCUT2D eigenvalue weighted by Crippen LogP contribution is 2.34. The van der Waals surface area contributed by atoms with E-state index in [2.05, 4.69) is 9.97 Å². The number of imidazole rings is 1. The van der Waals surface area contributed by atoms with E-state index in [0.29, 0.717) is 37.8 Å². The molecule has 0 aliphatic carbocycles. The van der Waals surface area contributed by atoms with E-state index in [9.17, 15) is 4.79 Å². The van der Waals surface area contributed by atoms with E-state index in [-0.39, 0.29) is 11.9 Å². The molecule has 8 heteroatoms. The van der Waals surface area contributed by atoms with Crippen LogP contribution in [0.3, 0.4) is 0 Å². The van der Waals surface area contributed by atoms with Crippen LogP contribution in [-0.4, -0.2) is 58.3 Å². The highest BCUT2D eigenvalue weighted by molar-refractivity contribution is 6.04. The summed E-state index contributed by atoms with van der Waals surface area (Å²) in [5, 5.41) is 0. The Labute approximate surface area is 176 Å². The first-order chi connectivity index (χ1) is 14.7. The molecule has 1 aliphatic heterocycles. The van der Waals surface area contributed by atoms with Gasteiger partial charge in [0.05, 0.1) is 12.8 Å². The summed E-state index contributed by atoms with van der Waals surface area (Å²) in [6.07, 6.45) is 5.99. The monoisotopic (exact) mass is 406 g/mol. The van der Waals surface area contributed by atoms with Crippen molar-refractivity contribution in [3.8, 4) is 17.3 Å². The molecule has 30 heavy (non-hydrogen) atoms. The van der Waals surface area contributed by atoms with Gasteiger partial charge in [0.15, 0.2) is 5.82 Å². The average molecular weight is 406 g/mol. The minimum absolute atomic E-state index is 0.0467. The topological polar surface area (TPSA) is 76.4 Å². The molecule has 0 bridgehead atoms. The summed E-state index contributed by atoms with van der Waals surface area (Å²) in [6.45, 7) is 5.73. The van der Waals surface area contributed by atoms with Crippen LogP contribution in [0, 0.1) is 0 Å². The molecular weight excluding hydrogens is 380 g/mol. The summed E-state index contributed by atoms with van der Waals surface area (Å²) in [7, 11) is 1.78. The first kappa shape index (κ1) is 20.0. The number of rotatable bonds is 7. The Kier molecular flexibility index (Phi) is 5.76. The fraction of sp³-hybridized carbons (Fsp3) is 0.364. The van der Waals surface area contributed by atoms with Gasteiger partial charge in [0.1, 0.15) is 17.6 Å². The molecule has 0 unspecified atom stereocenters. The van der Waals surface area contributed by atoms with Crippen molar-refractivity contribution in [3.63, 3.8) is 0 Å². The number of carbonyl (C=O) groups excluding carboxylic acids is 1. The SMILES string of the molecule is CCOCCN1c2nc(-n3ccnc3-c3ccccc3)ncc2N(C)C(=O)[C@H]1CC. The number of likely N-dealkylation sites (N-methyl/N-ethyl adjacent to an activating group) is 1. The Morgan fingerprint density at radius 2 is 1.93 bits per heavy atom. The maximum absolute atomic E-state index is 12.9. The van der Waals surface area contributed by atoms with E-state index in [4.69, 9.17) is 9.72 Å². The van der Waals surface area contributed by atoms with Crippen LogP contribution in [0.2, 0.25) is 0 Å². The number of fused-ring (bicyclic) bond motifs is 1. The van der Waals surface area contributed by atoms with Crippen LogP contribution in [0.4, 0.5) is 11.5 Å². The van der Waals surface area contributed by atoms with Crippen molar-refractivity contribution in [1.82, 2.24) is 19.5 Å². The van der Waals surface area contributed by atoms with Crippen LogP contribution < -0.4 is 9.80 Å². The second-order valence-electron chi connectivity index (χ2n) is 7.08. The molecule has 1 aliphatic rings. The van der Waals surface area contributed by atoms with Gasteiger partial charge in [-0.15, -0.1) is 0 Å². The van der Waals surface area contributed by atoms with Crippen LogP contribution in [0.15, 0.2) is 48.9 Å². The number of hydrogen-bond acceptors (Lipinski definition) is 6. The van der Waals surface area contributed by atoms with Crippen LogP contribution in [0.5, 0.6) is 0 Å². The van der Waals surface area contributed by atoms with Crippen molar-refractivity contribution in [2.45, 2.75) is 26.3 Å². The largest absolute Gasteiger partial charge is 0.380 e. The molecule has 8 nitrogen and oxygen atoms in total. The number of anilines is 2. The fourth-order valence-corrected chi connectivity index (χ4v) is 3.77. The van der Waals surface area contributed by atoms with Gasteiger partial charge >= 0.3 is 0 Å². The molecule has 156 valence electrons. The van der Waals surface area contributed by atoms with Crippen molar-refractivity contribution in [2.24, 2.45) is 0 Å². The van der Waals surface area contributed by atoms with Crippen molar-refractivity contribution in [1.29, 1.82) is 0 Å². The second kappa shape index (κ2) is 8.62. The van der Waals surface area contributed by atoms with Gasteiger partial charge in [-0.05, 0) is 13.3 Å². The summed E-state index contributed by atoms with van der Waals surface area (Å²) in [5.74, 6) is 2.07. The number of hydrogen-bond donors (Lipinski definition) is 0. The van der Waals surface area contributed by atoms with E-state index in [0.717, 1.165) is 17.2 Å². The van der Waals surface area contributed by atoms with Crippen molar-refractivity contribution < 1.29 is 9.53 Å². The lowest BCUT2D eigenvalue weighted by Crippen LogP contribution is -2.53. The van der Waals surface area contributed by atoms with Crippen LogP contribution in [-0.2, 0) is 9.53 Å². The van der Waals surface area contributed by atoms with E-state index in [1.54, 1.807) is 24.3 Å². The summed E-state index contributed by atoms with van der Waals surface area (Å²) in [6, 6.07) is 9.66. The number of benzene rings is 1. The van der Waals surface area contributed by atoms with Gasteiger partial charge < -0.3 is 14.5 Å².